The van der Waals surface area contributed by atoms with Crippen LogP contribution in [0.25, 0.3) is 0 Å². The molecule has 1 aromatic heterocycles. The Labute approximate surface area is 191 Å². The molecule has 0 radical (unpaired) electrons. The summed E-state index contributed by atoms with van der Waals surface area (Å²) in [4.78, 5) is 19.6. The van der Waals surface area contributed by atoms with E-state index in [0.29, 0.717) is 18.9 Å². The molecule has 4 rings (SSSR count). The predicted octanol–water partition coefficient (Wildman–Crippen LogP) is 3.95. The molecule has 2 fully saturated rings. The lowest BCUT2D eigenvalue weighted by Crippen LogP contribution is -2.51. The molecule has 0 saturated carbocycles. The number of rotatable bonds is 5. The molecule has 0 unspecified atom stereocenters. The lowest BCUT2D eigenvalue weighted by atomic mass is 9.88. The highest BCUT2D eigenvalue weighted by atomic mass is 19.4. The van der Waals surface area contributed by atoms with Crippen molar-refractivity contribution in [3.63, 3.8) is 0 Å². The Kier molecular flexibility index (Phi) is 6.90. The van der Waals surface area contributed by atoms with Crippen molar-refractivity contribution in [2.45, 2.75) is 44.8 Å². The molecule has 2 saturated heterocycles. The van der Waals surface area contributed by atoms with Gasteiger partial charge in [-0.15, -0.1) is 0 Å². The lowest BCUT2D eigenvalue weighted by Gasteiger charge is -2.40. The number of benzene rings is 1. The molecule has 0 bridgehead atoms. The average molecular weight is 462 g/mol. The fourth-order valence-electron chi connectivity index (χ4n) is 4.74. The van der Waals surface area contributed by atoms with Crippen LogP contribution in [0.5, 0.6) is 0 Å². The third kappa shape index (κ3) is 5.30. The van der Waals surface area contributed by atoms with E-state index in [1.807, 2.05) is 24.0 Å². The van der Waals surface area contributed by atoms with E-state index in [0.717, 1.165) is 54.9 Å². The summed E-state index contributed by atoms with van der Waals surface area (Å²) in [5, 5.41) is 3.15. The molecule has 0 aliphatic carbocycles. The van der Waals surface area contributed by atoms with Crippen LogP contribution in [0.15, 0.2) is 36.5 Å². The molecule has 1 amide bonds. The maximum Gasteiger partial charge on any atom is 0.417 e. The minimum absolute atomic E-state index is 0.0133. The molecule has 6 nitrogen and oxygen atoms in total. The van der Waals surface area contributed by atoms with E-state index >= 15 is 0 Å². The second kappa shape index (κ2) is 9.69. The fourth-order valence-corrected chi connectivity index (χ4v) is 4.74. The molecule has 2 atom stereocenters. The zero-order chi connectivity index (χ0) is 23.6. The van der Waals surface area contributed by atoms with Crippen LogP contribution in [-0.2, 0) is 6.18 Å². The number of aromatic nitrogens is 1. The van der Waals surface area contributed by atoms with Crippen molar-refractivity contribution in [2.24, 2.45) is 5.92 Å². The van der Waals surface area contributed by atoms with Crippen molar-refractivity contribution in [1.82, 2.24) is 20.7 Å². The Hall–Kier alpha value is -2.65. The molecule has 178 valence electrons. The molecule has 1 aromatic carbocycles. The number of nitrogens with zero attached hydrogens (tertiary/aromatic N) is 2. The average Bonchev–Trinajstić information content (AvgIpc) is 3.32. The van der Waals surface area contributed by atoms with Gasteiger partial charge in [-0.2, -0.15) is 13.2 Å². The second-order valence-electron chi connectivity index (χ2n) is 9.05. The summed E-state index contributed by atoms with van der Waals surface area (Å²) < 4.78 is 38.4. The third-order valence-corrected chi connectivity index (χ3v) is 6.66. The molecule has 9 heteroatoms. The number of carbonyl (C=O) groups excluding carboxylic acids is 1. The zero-order valence-electron chi connectivity index (χ0n) is 18.9. The van der Waals surface area contributed by atoms with E-state index in [1.54, 1.807) is 0 Å². The van der Waals surface area contributed by atoms with Crippen molar-refractivity contribution in [3.8, 4) is 0 Å². The Morgan fingerprint density at radius 1 is 1.21 bits per heavy atom. The van der Waals surface area contributed by atoms with E-state index < -0.39 is 11.7 Å². The monoisotopic (exact) mass is 461 g/mol. The number of hydrogen-bond acceptors (Lipinski definition) is 5. The number of amides is 1. The van der Waals surface area contributed by atoms with E-state index in [2.05, 4.69) is 34.1 Å². The number of pyridine rings is 1. The quantitative estimate of drug-likeness (QED) is 0.629. The highest BCUT2D eigenvalue weighted by molar-refractivity contribution is 5.96. The van der Waals surface area contributed by atoms with E-state index in [9.17, 15) is 18.0 Å². The summed E-state index contributed by atoms with van der Waals surface area (Å²) >= 11 is 0. The van der Waals surface area contributed by atoms with Gasteiger partial charge in [-0.05, 0) is 49.4 Å². The van der Waals surface area contributed by atoms with Gasteiger partial charge in [0.05, 0.1) is 11.6 Å². The molecule has 33 heavy (non-hydrogen) atoms. The van der Waals surface area contributed by atoms with Crippen LogP contribution in [0.3, 0.4) is 0 Å². The smallest absolute Gasteiger partial charge is 0.368 e. The van der Waals surface area contributed by atoms with Crippen LogP contribution in [-0.4, -0.2) is 48.0 Å². The number of halogens is 3. The molecule has 2 aliphatic rings. The zero-order valence-corrected chi connectivity index (χ0v) is 18.9. The topological polar surface area (TPSA) is 69.3 Å². The van der Waals surface area contributed by atoms with E-state index in [4.69, 9.17) is 0 Å². The van der Waals surface area contributed by atoms with Crippen LogP contribution in [0.2, 0.25) is 0 Å². The number of alkyl halides is 3. The molecule has 2 aromatic rings. The van der Waals surface area contributed by atoms with Crippen molar-refractivity contribution < 1.29 is 18.0 Å². The van der Waals surface area contributed by atoms with Gasteiger partial charge >= 0.3 is 6.18 Å². The Bertz CT molecular complexity index is 973. The first kappa shape index (κ1) is 23.5. The van der Waals surface area contributed by atoms with Crippen LogP contribution in [0, 0.1) is 12.8 Å². The number of hydrazine groups is 1. The summed E-state index contributed by atoms with van der Waals surface area (Å²) in [5.74, 6) is 0.860. The van der Waals surface area contributed by atoms with Crippen LogP contribution in [0.1, 0.15) is 52.7 Å². The number of likely N-dealkylation sites (tertiary alicyclic amines) is 1. The first-order chi connectivity index (χ1) is 15.7. The summed E-state index contributed by atoms with van der Waals surface area (Å²) in [5.41, 5.74) is 8.30. The number of anilines is 1. The predicted molar refractivity (Wildman–Crippen MR) is 121 cm³/mol. The number of aryl methyl sites for hydroxylation is 1. The van der Waals surface area contributed by atoms with Crippen molar-refractivity contribution >= 4 is 11.7 Å². The van der Waals surface area contributed by atoms with Crippen LogP contribution >= 0.6 is 0 Å². The summed E-state index contributed by atoms with van der Waals surface area (Å²) in [6.45, 7) is 6.73. The molecular weight excluding hydrogens is 431 g/mol. The molecule has 3 N–H and O–H groups in total. The maximum absolute atomic E-state index is 13.8. The maximum atomic E-state index is 13.8. The van der Waals surface area contributed by atoms with Crippen molar-refractivity contribution in [3.05, 3.63) is 58.8 Å². The van der Waals surface area contributed by atoms with E-state index in [1.165, 1.54) is 6.07 Å². The van der Waals surface area contributed by atoms with Gasteiger partial charge in [-0.3, -0.25) is 15.6 Å². The number of hydrogen-bond donors (Lipinski definition) is 3. The highest BCUT2D eigenvalue weighted by Gasteiger charge is 2.34. The summed E-state index contributed by atoms with van der Waals surface area (Å²) in [7, 11) is 0. The summed E-state index contributed by atoms with van der Waals surface area (Å²) in [6, 6.07) is 8.33. The fraction of sp³-hybridized carbons (Fsp3) is 0.500. The van der Waals surface area contributed by atoms with Gasteiger partial charge in [-0.1, -0.05) is 24.6 Å². The van der Waals surface area contributed by atoms with Gasteiger partial charge in [0.15, 0.2) is 0 Å². The number of piperidine rings is 1. The minimum atomic E-state index is -4.41. The van der Waals surface area contributed by atoms with Gasteiger partial charge in [0.2, 0.25) is 0 Å². The number of nitrogens with one attached hydrogen (secondary N) is 3. The van der Waals surface area contributed by atoms with Gasteiger partial charge in [-0.25, -0.2) is 4.98 Å². The highest BCUT2D eigenvalue weighted by Crippen LogP contribution is 2.31. The first-order valence-corrected chi connectivity index (χ1v) is 11.4. The van der Waals surface area contributed by atoms with Gasteiger partial charge in [0.25, 0.3) is 5.91 Å². The van der Waals surface area contributed by atoms with Crippen molar-refractivity contribution in [1.29, 1.82) is 0 Å². The number of carbonyl (C=O) groups is 1. The Morgan fingerprint density at radius 3 is 2.64 bits per heavy atom. The van der Waals surface area contributed by atoms with Gasteiger partial charge < -0.3 is 10.2 Å². The van der Waals surface area contributed by atoms with E-state index in [-0.39, 0.29) is 23.8 Å². The Balaban J connectivity index is 1.53. The normalized spacial score (nSPS) is 21.9. The first-order valence-electron chi connectivity index (χ1n) is 11.4. The SMILES string of the molecule is Cc1ccc(C2CNNC2)c(C(=O)N2CCC[C@@H](C)[C@H]2CNc2ccc(C(F)(F)F)cn2)c1. The lowest BCUT2D eigenvalue weighted by molar-refractivity contribution is -0.137. The molecule has 3 heterocycles. The summed E-state index contributed by atoms with van der Waals surface area (Å²) in [6.07, 6.45) is -1.66. The minimum Gasteiger partial charge on any atom is -0.368 e. The van der Waals surface area contributed by atoms with Crippen LogP contribution in [0.4, 0.5) is 19.0 Å². The largest absolute Gasteiger partial charge is 0.417 e. The molecule has 2 aliphatic heterocycles. The Morgan fingerprint density at radius 2 is 1.97 bits per heavy atom. The molecule has 0 spiro atoms. The second-order valence-corrected chi connectivity index (χ2v) is 9.05. The van der Waals surface area contributed by atoms with Crippen LogP contribution < -0.4 is 16.2 Å². The third-order valence-electron chi connectivity index (χ3n) is 6.66. The standard InChI is InChI=1S/C24H30F3N5O/c1-15-5-7-19(17-11-30-31-12-17)20(10-15)23(33)32-9-3-4-16(2)21(32)14-29-22-8-6-18(13-28-22)24(25,26)27/h5-8,10,13,16-17,21,30-31H,3-4,9,11-12,14H2,1-2H3,(H,28,29)/t16-,21-/m1/s1. The van der Waals surface area contributed by atoms with Gasteiger partial charge in [0, 0.05) is 43.9 Å². The van der Waals surface area contributed by atoms with Gasteiger partial charge in [0.1, 0.15) is 5.82 Å². The molecular formula is C24H30F3N5O. The van der Waals surface area contributed by atoms with Crippen molar-refractivity contribution in [2.75, 3.05) is 31.5 Å².